The predicted molar refractivity (Wildman–Crippen MR) is 76.3 cm³/mol. The molecule has 0 atom stereocenters. The monoisotopic (exact) mass is 335 g/mol. The molecule has 2 nitrogen and oxygen atoms in total. The summed E-state index contributed by atoms with van der Waals surface area (Å²) in [6.07, 6.45) is 0. The van der Waals surface area contributed by atoms with E-state index >= 15 is 0 Å². The standard InChI is InChI=1S/C13H6Cl3F2NO/c14-9-2-1-7(5-8(9)13(16)20)19-12-10(15)3-6(17)4-11(12)18/h1-5,19H. The Hall–Kier alpha value is -1.36. The van der Waals surface area contributed by atoms with Crippen molar-refractivity contribution < 1.29 is 13.6 Å². The molecule has 0 saturated heterocycles. The minimum Gasteiger partial charge on any atom is -0.352 e. The molecule has 2 rings (SSSR count). The van der Waals surface area contributed by atoms with Crippen LogP contribution in [0.15, 0.2) is 30.3 Å². The number of hydrogen-bond donors (Lipinski definition) is 1. The maximum Gasteiger partial charge on any atom is 0.253 e. The molecule has 104 valence electrons. The molecule has 0 heterocycles. The Balaban J connectivity index is 2.41. The molecule has 0 bridgehead atoms. The van der Waals surface area contributed by atoms with Gasteiger partial charge in [0.05, 0.1) is 21.3 Å². The van der Waals surface area contributed by atoms with Crippen molar-refractivity contribution >= 4 is 51.4 Å². The van der Waals surface area contributed by atoms with Crippen LogP contribution in [0, 0.1) is 11.6 Å². The molecule has 0 aromatic heterocycles. The summed E-state index contributed by atoms with van der Waals surface area (Å²) >= 11 is 16.9. The average Bonchev–Trinajstić information content (AvgIpc) is 2.35. The van der Waals surface area contributed by atoms with E-state index in [1.54, 1.807) is 0 Å². The third-order valence-electron chi connectivity index (χ3n) is 2.45. The molecule has 2 aromatic carbocycles. The van der Waals surface area contributed by atoms with E-state index in [-0.39, 0.29) is 21.3 Å². The lowest BCUT2D eigenvalue weighted by Gasteiger charge is -2.11. The fourth-order valence-electron chi connectivity index (χ4n) is 1.56. The second-order valence-corrected chi connectivity index (χ2v) is 5.00. The molecule has 0 spiro atoms. The lowest BCUT2D eigenvalue weighted by molar-refractivity contribution is 0.108. The van der Waals surface area contributed by atoms with Gasteiger partial charge in [-0.05, 0) is 35.9 Å². The summed E-state index contributed by atoms with van der Waals surface area (Å²) in [5.74, 6) is -1.64. The van der Waals surface area contributed by atoms with Crippen LogP contribution in [0.3, 0.4) is 0 Å². The zero-order valence-electron chi connectivity index (χ0n) is 9.68. The number of halogens is 5. The summed E-state index contributed by atoms with van der Waals surface area (Å²) in [7, 11) is 0. The van der Waals surface area contributed by atoms with Crippen LogP contribution in [0.4, 0.5) is 20.2 Å². The van der Waals surface area contributed by atoms with Gasteiger partial charge in [-0.2, -0.15) is 0 Å². The van der Waals surface area contributed by atoms with E-state index in [0.717, 1.165) is 6.07 Å². The van der Waals surface area contributed by atoms with E-state index in [0.29, 0.717) is 11.8 Å². The first-order chi connectivity index (χ1) is 9.38. The highest BCUT2D eigenvalue weighted by atomic mass is 35.5. The molecular formula is C13H6Cl3F2NO. The number of hydrogen-bond acceptors (Lipinski definition) is 2. The quantitative estimate of drug-likeness (QED) is 0.761. The predicted octanol–water partition coefficient (Wildman–Crippen LogP) is 5.39. The minimum absolute atomic E-state index is 0.0666. The van der Waals surface area contributed by atoms with E-state index < -0.39 is 16.9 Å². The molecular weight excluding hydrogens is 331 g/mol. The van der Waals surface area contributed by atoms with Gasteiger partial charge in [-0.1, -0.05) is 23.2 Å². The van der Waals surface area contributed by atoms with Gasteiger partial charge in [0, 0.05) is 11.8 Å². The fraction of sp³-hybridized carbons (Fsp3) is 0. The maximum absolute atomic E-state index is 13.6. The zero-order chi connectivity index (χ0) is 14.9. The molecule has 1 N–H and O–H groups in total. The van der Waals surface area contributed by atoms with Crippen LogP contribution in [-0.2, 0) is 0 Å². The Morgan fingerprint density at radius 2 is 1.75 bits per heavy atom. The Morgan fingerprint density at radius 1 is 1.05 bits per heavy atom. The number of anilines is 2. The number of rotatable bonds is 3. The summed E-state index contributed by atoms with van der Waals surface area (Å²) in [6.45, 7) is 0. The van der Waals surface area contributed by atoms with Gasteiger partial charge < -0.3 is 5.32 Å². The molecule has 20 heavy (non-hydrogen) atoms. The summed E-state index contributed by atoms with van der Waals surface area (Å²) < 4.78 is 26.6. The van der Waals surface area contributed by atoms with Gasteiger partial charge in [0.2, 0.25) is 0 Å². The first kappa shape index (κ1) is 15.0. The summed E-state index contributed by atoms with van der Waals surface area (Å²) in [5, 5.41) is 1.94. The first-order valence-corrected chi connectivity index (χ1v) is 6.43. The lowest BCUT2D eigenvalue weighted by atomic mass is 10.2. The van der Waals surface area contributed by atoms with Crippen LogP contribution in [0.1, 0.15) is 10.4 Å². The highest BCUT2D eigenvalue weighted by Crippen LogP contribution is 2.31. The Labute approximate surface area is 128 Å². The Kier molecular flexibility index (Phi) is 4.48. The first-order valence-electron chi connectivity index (χ1n) is 5.29. The summed E-state index contributed by atoms with van der Waals surface area (Å²) in [6, 6.07) is 5.94. The van der Waals surface area contributed by atoms with E-state index in [1.165, 1.54) is 18.2 Å². The summed E-state index contributed by atoms with van der Waals surface area (Å²) in [5.41, 5.74) is 0.297. The van der Waals surface area contributed by atoms with Gasteiger partial charge in [0.25, 0.3) is 5.24 Å². The van der Waals surface area contributed by atoms with E-state index in [1.807, 2.05) is 0 Å². The Bertz CT molecular complexity index is 668. The molecule has 0 unspecified atom stereocenters. The van der Waals surface area contributed by atoms with Crippen molar-refractivity contribution in [3.05, 3.63) is 57.6 Å². The van der Waals surface area contributed by atoms with Crippen molar-refractivity contribution in [1.29, 1.82) is 0 Å². The van der Waals surface area contributed by atoms with Gasteiger partial charge in [0.15, 0.2) is 5.82 Å². The van der Waals surface area contributed by atoms with Crippen LogP contribution >= 0.6 is 34.8 Å². The number of nitrogens with one attached hydrogen (secondary N) is 1. The Morgan fingerprint density at radius 3 is 2.35 bits per heavy atom. The van der Waals surface area contributed by atoms with Gasteiger partial charge in [-0.25, -0.2) is 8.78 Å². The second kappa shape index (κ2) is 5.95. The molecule has 0 amide bonds. The van der Waals surface area contributed by atoms with E-state index in [2.05, 4.69) is 5.32 Å². The molecule has 0 saturated carbocycles. The minimum atomic E-state index is -0.858. The molecule has 0 fully saturated rings. The van der Waals surface area contributed by atoms with Crippen LogP contribution in [0.5, 0.6) is 0 Å². The van der Waals surface area contributed by atoms with Crippen LogP contribution in [-0.4, -0.2) is 5.24 Å². The van der Waals surface area contributed by atoms with Crippen LogP contribution in [0.2, 0.25) is 10.0 Å². The van der Waals surface area contributed by atoms with Crippen molar-refractivity contribution in [3.8, 4) is 0 Å². The van der Waals surface area contributed by atoms with Crippen LogP contribution in [0.25, 0.3) is 0 Å². The van der Waals surface area contributed by atoms with E-state index in [9.17, 15) is 13.6 Å². The molecule has 0 aliphatic carbocycles. The number of benzene rings is 2. The normalized spacial score (nSPS) is 10.4. The zero-order valence-corrected chi connectivity index (χ0v) is 12.0. The third-order valence-corrected chi connectivity index (χ3v) is 3.29. The van der Waals surface area contributed by atoms with Crippen molar-refractivity contribution in [2.45, 2.75) is 0 Å². The second-order valence-electron chi connectivity index (χ2n) is 3.84. The molecule has 0 aliphatic rings. The highest BCUT2D eigenvalue weighted by Gasteiger charge is 2.13. The third kappa shape index (κ3) is 3.20. The van der Waals surface area contributed by atoms with Gasteiger partial charge >= 0.3 is 0 Å². The molecule has 0 aliphatic heterocycles. The molecule has 0 radical (unpaired) electrons. The summed E-state index contributed by atoms with van der Waals surface area (Å²) in [4.78, 5) is 11.2. The maximum atomic E-state index is 13.6. The molecule has 7 heteroatoms. The smallest absolute Gasteiger partial charge is 0.253 e. The number of carbonyl (C=O) groups excluding carboxylic acids is 1. The van der Waals surface area contributed by atoms with Crippen molar-refractivity contribution in [3.63, 3.8) is 0 Å². The topological polar surface area (TPSA) is 29.1 Å². The SMILES string of the molecule is O=C(Cl)c1cc(Nc2c(F)cc(F)cc2Cl)ccc1Cl. The molecule has 2 aromatic rings. The largest absolute Gasteiger partial charge is 0.352 e. The van der Waals surface area contributed by atoms with Gasteiger partial charge in [-0.15, -0.1) is 0 Å². The van der Waals surface area contributed by atoms with Crippen molar-refractivity contribution in [1.82, 2.24) is 0 Å². The van der Waals surface area contributed by atoms with Crippen molar-refractivity contribution in [2.75, 3.05) is 5.32 Å². The van der Waals surface area contributed by atoms with Crippen molar-refractivity contribution in [2.24, 2.45) is 0 Å². The van der Waals surface area contributed by atoms with Gasteiger partial charge in [-0.3, -0.25) is 4.79 Å². The van der Waals surface area contributed by atoms with E-state index in [4.69, 9.17) is 34.8 Å². The van der Waals surface area contributed by atoms with Gasteiger partial charge in [0.1, 0.15) is 5.82 Å². The average molecular weight is 337 g/mol. The lowest BCUT2D eigenvalue weighted by Crippen LogP contribution is -1.98. The highest BCUT2D eigenvalue weighted by molar-refractivity contribution is 6.68. The van der Waals surface area contributed by atoms with Crippen LogP contribution < -0.4 is 5.32 Å². The fourth-order valence-corrected chi connectivity index (χ4v) is 2.21. The number of carbonyl (C=O) groups is 1.